The Hall–Kier alpha value is -2.44. The highest BCUT2D eigenvalue weighted by atomic mass is 32.1. The van der Waals surface area contributed by atoms with E-state index in [2.05, 4.69) is 57.2 Å². The Labute approximate surface area is 194 Å². The number of fused-ring (bicyclic) bond motifs is 1. The fourth-order valence-electron chi connectivity index (χ4n) is 5.16. The number of ether oxygens (including phenoxy) is 1. The molecule has 5 rings (SSSR count). The van der Waals surface area contributed by atoms with Gasteiger partial charge in [0.2, 0.25) is 5.91 Å². The summed E-state index contributed by atoms with van der Waals surface area (Å²) in [5.41, 5.74) is 1.27. The molecule has 2 aliphatic rings. The lowest BCUT2D eigenvalue weighted by Crippen LogP contribution is -2.50. The normalized spacial score (nSPS) is 18.8. The number of hydrogen-bond donors (Lipinski definition) is 0. The highest BCUT2D eigenvalue weighted by molar-refractivity contribution is 7.11. The third-order valence-electron chi connectivity index (χ3n) is 6.98. The second-order valence-electron chi connectivity index (χ2n) is 8.90. The van der Waals surface area contributed by atoms with Crippen LogP contribution in [0.2, 0.25) is 0 Å². The van der Waals surface area contributed by atoms with Gasteiger partial charge in [0.25, 0.3) is 5.19 Å². The molecule has 0 atom stereocenters. The van der Waals surface area contributed by atoms with Gasteiger partial charge in [-0.1, -0.05) is 53.8 Å². The maximum atomic E-state index is 12.9. The second-order valence-corrected chi connectivity index (χ2v) is 9.76. The number of benzene rings is 2. The minimum Gasteiger partial charge on any atom is -0.467 e. The minimum atomic E-state index is 0.285. The van der Waals surface area contributed by atoms with E-state index < -0.39 is 0 Å². The number of rotatable bonds is 6. The molecule has 3 heterocycles. The van der Waals surface area contributed by atoms with Gasteiger partial charge in [-0.05, 0) is 48.4 Å². The van der Waals surface area contributed by atoms with Crippen LogP contribution in [0.3, 0.4) is 0 Å². The molecule has 2 aromatic carbocycles. The Balaban J connectivity index is 1.07. The van der Waals surface area contributed by atoms with Crippen LogP contribution in [0.25, 0.3) is 10.8 Å². The minimum absolute atomic E-state index is 0.285. The van der Waals surface area contributed by atoms with E-state index in [0.29, 0.717) is 18.4 Å². The topological polar surface area (TPSA) is 45.7 Å². The van der Waals surface area contributed by atoms with Gasteiger partial charge in [0.1, 0.15) is 6.10 Å². The fourth-order valence-corrected chi connectivity index (χ4v) is 5.71. The van der Waals surface area contributed by atoms with Crippen molar-refractivity contribution < 1.29 is 9.53 Å². The van der Waals surface area contributed by atoms with Crippen LogP contribution in [0.15, 0.2) is 54.0 Å². The van der Waals surface area contributed by atoms with Gasteiger partial charge in [-0.25, -0.2) is 4.98 Å². The average Bonchev–Trinajstić information content (AvgIpc) is 3.36. The van der Waals surface area contributed by atoms with Gasteiger partial charge in [-0.15, -0.1) is 0 Å². The van der Waals surface area contributed by atoms with Crippen LogP contribution in [-0.2, 0) is 11.2 Å². The summed E-state index contributed by atoms with van der Waals surface area (Å²) in [4.78, 5) is 21.8. The molecule has 168 valence electrons. The number of piperidine rings is 2. The molecule has 6 heteroatoms. The largest absolute Gasteiger partial charge is 0.467 e. The lowest BCUT2D eigenvalue weighted by molar-refractivity contribution is -0.132. The summed E-state index contributed by atoms with van der Waals surface area (Å²) in [6.45, 7) is 3.93. The van der Waals surface area contributed by atoms with E-state index in [4.69, 9.17) is 4.74 Å². The van der Waals surface area contributed by atoms with Crippen molar-refractivity contribution in [3.8, 4) is 5.19 Å². The predicted molar refractivity (Wildman–Crippen MR) is 129 cm³/mol. The Bertz CT molecular complexity index is 1020. The summed E-state index contributed by atoms with van der Waals surface area (Å²) >= 11 is 1.57. The first kappa shape index (κ1) is 21.4. The van der Waals surface area contributed by atoms with E-state index in [0.717, 1.165) is 63.5 Å². The zero-order chi connectivity index (χ0) is 21.8. The van der Waals surface area contributed by atoms with Gasteiger partial charge < -0.3 is 9.64 Å². The van der Waals surface area contributed by atoms with Crippen molar-refractivity contribution in [2.45, 2.75) is 50.7 Å². The maximum absolute atomic E-state index is 12.9. The molecule has 5 nitrogen and oxygen atoms in total. The van der Waals surface area contributed by atoms with E-state index in [1.54, 1.807) is 17.5 Å². The molecule has 2 saturated heterocycles. The smallest absolute Gasteiger partial charge is 0.273 e. The van der Waals surface area contributed by atoms with E-state index >= 15 is 0 Å². The van der Waals surface area contributed by atoms with Crippen molar-refractivity contribution in [3.63, 3.8) is 0 Å². The number of carbonyl (C=O) groups is 1. The summed E-state index contributed by atoms with van der Waals surface area (Å²) in [5.74, 6) is 0.298. The van der Waals surface area contributed by atoms with Gasteiger partial charge in [0.15, 0.2) is 0 Å². The second kappa shape index (κ2) is 10.0. The Morgan fingerprint density at radius 1 is 1.00 bits per heavy atom. The molecule has 2 fully saturated rings. The van der Waals surface area contributed by atoms with Crippen LogP contribution in [0.1, 0.15) is 37.7 Å². The zero-order valence-corrected chi connectivity index (χ0v) is 19.3. The number of carbonyl (C=O) groups excluding carboxylic acids is 1. The maximum Gasteiger partial charge on any atom is 0.273 e. The number of nitrogens with zero attached hydrogens (tertiary/aromatic N) is 3. The van der Waals surface area contributed by atoms with Crippen LogP contribution in [0.4, 0.5) is 0 Å². The van der Waals surface area contributed by atoms with Gasteiger partial charge >= 0.3 is 0 Å². The van der Waals surface area contributed by atoms with Crippen molar-refractivity contribution in [2.75, 3.05) is 26.2 Å². The molecule has 1 aromatic heterocycles. The Morgan fingerprint density at radius 2 is 1.78 bits per heavy atom. The average molecular weight is 450 g/mol. The van der Waals surface area contributed by atoms with Crippen molar-refractivity contribution in [2.24, 2.45) is 0 Å². The molecular formula is C26H31N3O2S. The fraction of sp³-hybridized carbons (Fsp3) is 0.462. The molecule has 0 bridgehead atoms. The first-order valence-electron chi connectivity index (χ1n) is 11.8. The molecule has 3 aromatic rings. The third kappa shape index (κ3) is 4.97. The highest BCUT2D eigenvalue weighted by Crippen LogP contribution is 2.25. The predicted octanol–water partition coefficient (Wildman–Crippen LogP) is 4.76. The zero-order valence-electron chi connectivity index (χ0n) is 18.5. The molecule has 1 amide bonds. The summed E-state index contributed by atoms with van der Waals surface area (Å²) in [6.07, 6.45) is 7.77. The van der Waals surface area contributed by atoms with E-state index in [-0.39, 0.29) is 6.10 Å². The monoisotopic (exact) mass is 449 g/mol. The molecule has 0 saturated carbocycles. The molecule has 0 spiro atoms. The van der Waals surface area contributed by atoms with Crippen molar-refractivity contribution in [1.82, 2.24) is 14.8 Å². The molecule has 32 heavy (non-hydrogen) atoms. The highest BCUT2D eigenvalue weighted by Gasteiger charge is 2.30. The first-order chi connectivity index (χ1) is 15.8. The van der Waals surface area contributed by atoms with Gasteiger partial charge in [0, 0.05) is 50.2 Å². The Morgan fingerprint density at radius 3 is 2.56 bits per heavy atom. The molecular weight excluding hydrogens is 418 g/mol. The summed E-state index contributed by atoms with van der Waals surface area (Å²) < 4.78 is 6.00. The van der Waals surface area contributed by atoms with Crippen molar-refractivity contribution >= 4 is 28.0 Å². The SMILES string of the molecule is O=C(CCc1cccc2ccccc12)N1CCC(N2CCC(Oc3nccs3)CC2)CC1. The van der Waals surface area contributed by atoms with E-state index in [1.807, 2.05) is 5.38 Å². The third-order valence-corrected chi connectivity index (χ3v) is 7.64. The standard InChI is InChI=1S/C26H31N3O2S/c30-25(9-8-21-6-3-5-20-4-1-2-7-24(20)21)29-15-10-22(11-16-29)28-17-12-23(13-18-28)31-26-27-14-19-32-26/h1-7,14,19,22-23H,8-13,15-18H2. The first-order valence-corrected chi connectivity index (χ1v) is 12.7. The van der Waals surface area contributed by atoms with E-state index in [9.17, 15) is 4.79 Å². The van der Waals surface area contributed by atoms with Crippen molar-refractivity contribution in [1.29, 1.82) is 0 Å². The number of hydrogen-bond acceptors (Lipinski definition) is 5. The van der Waals surface area contributed by atoms with Crippen LogP contribution in [0, 0.1) is 0 Å². The van der Waals surface area contributed by atoms with Gasteiger partial charge in [-0.2, -0.15) is 0 Å². The van der Waals surface area contributed by atoms with Crippen LogP contribution < -0.4 is 4.74 Å². The molecule has 0 unspecified atom stereocenters. The number of likely N-dealkylation sites (tertiary alicyclic amines) is 2. The van der Waals surface area contributed by atoms with Gasteiger partial charge in [-0.3, -0.25) is 9.69 Å². The Kier molecular flexibility index (Phi) is 6.69. The van der Waals surface area contributed by atoms with Crippen LogP contribution in [-0.4, -0.2) is 59.0 Å². The molecule has 0 aliphatic carbocycles. The number of thiazole rings is 1. The number of aromatic nitrogens is 1. The lowest BCUT2D eigenvalue weighted by Gasteiger charge is -2.41. The summed E-state index contributed by atoms with van der Waals surface area (Å²) in [7, 11) is 0. The quantitative estimate of drug-likeness (QED) is 0.544. The number of aryl methyl sites for hydroxylation is 1. The number of amides is 1. The summed E-state index contributed by atoms with van der Waals surface area (Å²) in [6, 6.07) is 15.4. The molecule has 0 N–H and O–H groups in total. The molecule has 2 aliphatic heterocycles. The molecule has 0 radical (unpaired) electrons. The van der Waals surface area contributed by atoms with Crippen LogP contribution in [0.5, 0.6) is 5.19 Å². The van der Waals surface area contributed by atoms with Gasteiger partial charge in [0.05, 0.1) is 0 Å². The van der Waals surface area contributed by atoms with Crippen molar-refractivity contribution in [3.05, 3.63) is 59.6 Å². The van der Waals surface area contributed by atoms with Crippen LogP contribution >= 0.6 is 11.3 Å². The summed E-state index contributed by atoms with van der Waals surface area (Å²) in [5, 5.41) is 5.27. The van der Waals surface area contributed by atoms with E-state index in [1.165, 1.54) is 16.3 Å². The lowest BCUT2D eigenvalue weighted by atomic mass is 9.98.